The number of carbonyl (C=O) groups is 1. The topological polar surface area (TPSA) is 25.2 Å². The van der Waals surface area contributed by atoms with E-state index >= 15 is 0 Å². The first-order valence-corrected chi connectivity index (χ1v) is 9.20. The molecule has 26 heavy (non-hydrogen) atoms. The van der Waals surface area contributed by atoms with Gasteiger partial charge in [0.2, 0.25) is 0 Å². The van der Waals surface area contributed by atoms with Crippen molar-refractivity contribution in [2.45, 2.75) is 26.3 Å². The van der Waals surface area contributed by atoms with Gasteiger partial charge in [-0.05, 0) is 49.0 Å². The summed E-state index contributed by atoms with van der Waals surface area (Å²) in [5.74, 6) is -0.331. The van der Waals surface area contributed by atoms with E-state index in [2.05, 4.69) is 16.5 Å². The molecule has 0 N–H and O–H groups in total. The Morgan fingerprint density at radius 2 is 2.04 bits per heavy atom. The van der Waals surface area contributed by atoms with E-state index in [1.807, 2.05) is 25.1 Å². The maximum Gasteiger partial charge on any atom is 0.164 e. The lowest BCUT2D eigenvalue weighted by Crippen LogP contribution is -2.27. The van der Waals surface area contributed by atoms with Crippen molar-refractivity contribution >= 4 is 28.3 Å². The van der Waals surface area contributed by atoms with E-state index in [1.165, 1.54) is 17.7 Å². The van der Waals surface area contributed by atoms with Crippen molar-refractivity contribution in [2.75, 3.05) is 13.6 Å². The van der Waals surface area contributed by atoms with Gasteiger partial charge in [0.05, 0.1) is 11.2 Å². The minimum atomic E-state index is -0.342. The highest BCUT2D eigenvalue weighted by Gasteiger charge is 2.25. The van der Waals surface area contributed by atoms with Gasteiger partial charge in [-0.2, -0.15) is 0 Å². The summed E-state index contributed by atoms with van der Waals surface area (Å²) < 4.78 is 16.2. The van der Waals surface area contributed by atoms with Crippen LogP contribution >= 0.6 is 11.6 Å². The molecule has 3 aromatic rings. The summed E-state index contributed by atoms with van der Waals surface area (Å²) in [6.07, 6.45) is 1.23. The Labute approximate surface area is 157 Å². The summed E-state index contributed by atoms with van der Waals surface area (Å²) >= 11 is 6.25. The second kappa shape index (κ2) is 6.53. The zero-order valence-corrected chi connectivity index (χ0v) is 15.6. The van der Waals surface area contributed by atoms with Gasteiger partial charge in [-0.25, -0.2) is 4.39 Å². The molecule has 2 heterocycles. The number of benzene rings is 2. The number of carbonyl (C=O) groups excluding carboxylic acids is 1. The number of nitrogens with zero attached hydrogens (tertiary/aromatic N) is 2. The molecule has 1 aliphatic rings. The van der Waals surface area contributed by atoms with Crippen molar-refractivity contribution in [2.24, 2.45) is 0 Å². The molecule has 1 aromatic heterocycles. The molecule has 0 atom stereocenters. The summed E-state index contributed by atoms with van der Waals surface area (Å²) in [6.45, 7) is 3.56. The number of Topliss-reactive ketones (excluding diaryl/α,β-unsaturated/α-hetero) is 1. The predicted molar refractivity (Wildman–Crippen MR) is 103 cm³/mol. The van der Waals surface area contributed by atoms with Gasteiger partial charge in [-0.15, -0.1) is 0 Å². The van der Waals surface area contributed by atoms with E-state index in [-0.39, 0.29) is 11.6 Å². The first-order valence-electron chi connectivity index (χ1n) is 8.83. The van der Waals surface area contributed by atoms with Gasteiger partial charge in [-0.3, -0.25) is 4.79 Å². The first-order chi connectivity index (χ1) is 12.5. The third-order valence-electron chi connectivity index (χ3n) is 5.12. The number of hydrogen-bond donors (Lipinski definition) is 0. The highest BCUT2D eigenvalue weighted by atomic mass is 35.5. The van der Waals surface area contributed by atoms with Crippen molar-refractivity contribution in [3.63, 3.8) is 0 Å². The van der Waals surface area contributed by atoms with Crippen LogP contribution in [0.5, 0.6) is 0 Å². The zero-order valence-electron chi connectivity index (χ0n) is 14.9. The van der Waals surface area contributed by atoms with Crippen LogP contribution in [0.25, 0.3) is 16.6 Å². The molecule has 1 aliphatic heterocycles. The summed E-state index contributed by atoms with van der Waals surface area (Å²) in [7, 11) is 2.09. The number of hydrogen-bond acceptors (Lipinski definition) is 2. The minimum absolute atomic E-state index is 0.0116. The monoisotopic (exact) mass is 370 g/mol. The van der Waals surface area contributed by atoms with Crippen LogP contribution in [0.1, 0.15) is 35.0 Å². The van der Waals surface area contributed by atoms with Crippen LogP contribution in [-0.2, 0) is 13.0 Å². The van der Waals surface area contributed by atoms with E-state index in [4.69, 9.17) is 11.6 Å². The highest BCUT2D eigenvalue weighted by Crippen LogP contribution is 2.36. The summed E-state index contributed by atoms with van der Waals surface area (Å²) in [6, 6.07) is 10.2. The Morgan fingerprint density at radius 3 is 2.81 bits per heavy atom. The fraction of sp³-hybridized carbons (Fsp3) is 0.286. The predicted octanol–water partition coefficient (Wildman–Crippen LogP) is 5.00. The molecule has 3 nitrogen and oxygen atoms in total. The van der Waals surface area contributed by atoms with E-state index in [9.17, 15) is 9.18 Å². The molecule has 0 radical (unpaired) electrons. The molecule has 5 heteroatoms. The Bertz CT molecular complexity index is 1020. The van der Waals surface area contributed by atoms with E-state index in [0.29, 0.717) is 22.7 Å². The number of likely N-dealkylation sites (N-methyl/N-ethyl adjacent to an activating group) is 1. The number of ketones is 1. The molecule has 0 spiro atoms. The standard InChI is InChI=1S/C21H20ClFN2O/c1-3-21(26)15-6-5-14(23)11-20(15)25-18-7-4-13(22)10-16(18)17-12-24(2)9-8-19(17)25/h4-7,10-11H,3,8-9,12H2,1-2H3. The fourth-order valence-corrected chi connectivity index (χ4v) is 4.03. The fourth-order valence-electron chi connectivity index (χ4n) is 3.86. The third kappa shape index (κ3) is 2.74. The van der Waals surface area contributed by atoms with Gasteiger partial charge in [0.1, 0.15) is 5.82 Å². The molecule has 0 fully saturated rings. The lowest BCUT2D eigenvalue weighted by atomic mass is 10.0. The van der Waals surface area contributed by atoms with Crippen molar-refractivity contribution in [3.05, 3.63) is 64.1 Å². The zero-order chi connectivity index (χ0) is 18.4. The number of halogens is 2. The van der Waals surface area contributed by atoms with Crippen LogP contribution in [0.4, 0.5) is 4.39 Å². The van der Waals surface area contributed by atoms with Gasteiger partial charge >= 0.3 is 0 Å². The van der Waals surface area contributed by atoms with Crippen LogP contribution in [0, 0.1) is 5.82 Å². The van der Waals surface area contributed by atoms with Crippen molar-refractivity contribution in [1.82, 2.24) is 9.47 Å². The van der Waals surface area contributed by atoms with E-state index in [1.54, 1.807) is 6.07 Å². The molecule has 0 saturated heterocycles. The third-order valence-corrected chi connectivity index (χ3v) is 5.36. The van der Waals surface area contributed by atoms with Crippen LogP contribution in [0.15, 0.2) is 36.4 Å². The highest BCUT2D eigenvalue weighted by molar-refractivity contribution is 6.31. The first kappa shape index (κ1) is 17.3. The van der Waals surface area contributed by atoms with Crippen LogP contribution in [0.2, 0.25) is 5.02 Å². The molecule has 2 aromatic carbocycles. The molecule has 134 valence electrons. The average Bonchev–Trinajstić information content (AvgIpc) is 2.94. The number of rotatable bonds is 3. The van der Waals surface area contributed by atoms with Crippen molar-refractivity contribution < 1.29 is 9.18 Å². The molecule has 0 unspecified atom stereocenters. The lowest BCUT2D eigenvalue weighted by Gasteiger charge is -2.24. The lowest BCUT2D eigenvalue weighted by molar-refractivity contribution is 0.0988. The van der Waals surface area contributed by atoms with Crippen LogP contribution < -0.4 is 0 Å². The Balaban J connectivity index is 2.08. The average molecular weight is 371 g/mol. The second-order valence-electron chi connectivity index (χ2n) is 6.85. The largest absolute Gasteiger partial charge is 0.312 e. The number of aromatic nitrogens is 1. The van der Waals surface area contributed by atoms with Gasteiger partial charge in [0, 0.05) is 47.6 Å². The SMILES string of the molecule is CCC(=O)c1ccc(F)cc1-n1c2c(c3cc(Cl)ccc31)CN(C)CC2. The van der Waals surface area contributed by atoms with E-state index in [0.717, 1.165) is 36.1 Å². The van der Waals surface area contributed by atoms with Gasteiger partial charge in [0.25, 0.3) is 0 Å². The van der Waals surface area contributed by atoms with E-state index < -0.39 is 0 Å². The van der Waals surface area contributed by atoms with Crippen LogP contribution in [-0.4, -0.2) is 28.8 Å². The van der Waals surface area contributed by atoms with Gasteiger partial charge in [0.15, 0.2) is 5.78 Å². The minimum Gasteiger partial charge on any atom is -0.312 e. The molecule has 0 amide bonds. The van der Waals surface area contributed by atoms with Gasteiger partial charge in [-0.1, -0.05) is 18.5 Å². The molecule has 0 saturated carbocycles. The maximum absolute atomic E-state index is 14.1. The molecule has 0 bridgehead atoms. The normalized spacial score (nSPS) is 14.6. The van der Waals surface area contributed by atoms with Crippen molar-refractivity contribution in [3.8, 4) is 5.69 Å². The Morgan fingerprint density at radius 1 is 1.23 bits per heavy atom. The van der Waals surface area contributed by atoms with Crippen molar-refractivity contribution in [1.29, 1.82) is 0 Å². The van der Waals surface area contributed by atoms with Gasteiger partial charge < -0.3 is 9.47 Å². The number of fused-ring (bicyclic) bond motifs is 3. The quantitative estimate of drug-likeness (QED) is 0.606. The Kier molecular flexibility index (Phi) is 4.33. The molecular weight excluding hydrogens is 351 g/mol. The summed E-state index contributed by atoms with van der Waals surface area (Å²) in [5.41, 5.74) is 4.48. The molecule has 4 rings (SSSR count). The smallest absolute Gasteiger partial charge is 0.164 e. The second-order valence-corrected chi connectivity index (χ2v) is 7.28. The summed E-state index contributed by atoms with van der Waals surface area (Å²) in [4.78, 5) is 14.7. The maximum atomic E-state index is 14.1. The molecule has 0 aliphatic carbocycles. The Hall–Kier alpha value is -2.17. The summed E-state index contributed by atoms with van der Waals surface area (Å²) in [5, 5.41) is 1.74. The molecular formula is C21H20ClFN2O. The van der Waals surface area contributed by atoms with Crippen LogP contribution in [0.3, 0.4) is 0 Å².